The highest BCUT2D eigenvalue weighted by Gasteiger charge is 2.49. The summed E-state index contributed by atoms with van der Waals surface area (Å²) in [4.78, 5) is 44.9. The molecule has 1 fully saturated rings. The van der Waals surface area contributed by atoms with Gasteiger partial charge in [-0.2, -0.15) is 0 Å². The molecule has 1 aromatic heterocycles. The molecule has 0 radical (unpaired) electrons. The van der Waals surface area contributed by atoms with E-state index >= 15 is 0 Å². The molecular weight excluding hydrogens is 551 g/mol. The Labute approximate surface area is 233 Å². The van der Waals surface area contributed by atoms with Crippen LogP contribution < -0.4 is 9.64 Å². The Kier molecular flexibility index (Phi) is 8.40. The van der Waals surface area contributed by atoms with Crippen LogP contribution in [0.15, 0.2) is 48.0 Å². The SMILES string of the molecule is CCCOc1ccc(/C(O)=C2\C(=O)C(=O)N(c3nc(C)c(C(=O)OCC)s3)C2c2ccc(Cl)cc2Cl)cc1. The van der Waals surface area contributed by atoms with E-state index in [9.17, 15) is 19.5 Å². The number of aryl methyl sites for hydroxylation is 1. The van der Waals surface area contributed by atoms with Crippen LogP contribution in [0.5, 0.6) is 5.75 Å². The summed E-state index contributed by atoms with van der Waals surface area (Å²) in [6, 6.07) is 10.0. The molecule has 1 atom stereocenters. The maximum absolute atomic E-state index is 13.4. The molecule has 3 aromatic rings. The molecule has 2 heterocycles. The van der Waals surface area contributed by atoms with Gasteiger partial charge in [0.05, 0.1) is 30.5 Å². The van der Waals surface area contributed by atoms with Crippen LogP contribution in [0.25, 0.3) is 5.76 Å². The lowest BCUT2D eigenvalue weighted by Gasteiger charge is -2.24. The topological polar surface area (TPSA) is 106 Å². The molecule has 4 rings (SSSR count). The zero-order chi connectivity index (χ0) is 27.6. The molecule has 1 aliphatic heterocycles. The van der Waals surface area contributed by atoms with E-state index in [2.05, 4.69) is 4.98 Å². The third kappa shape index (κ3) is 5.27. The van der Waals surface area contributed by atoms with Gasteiger partial charge in [0.2, 0.25) is 0 Å². The molecule has 0 bridgehead atoms. The second kappa shape index (κ2) is 11.6. The zero-order valence-corrected chi connectivity index (χ0v) is 23.1. The number of hydrogen-bond donors (Lipinski definition) is 1. The monoisotopic (exact) mass is 574 g/mol. The number of anilines is 1. The van der Waals surface area contributed by atoms with Crippen LogP contribution in [0.1, 0.15) is 52.8 Å². The van der Waals surface area contributed by atoms with Gasteiger partial charge in [0.15, 0.2) is 5.13 Å². The van der Waals surface area contributed by atoms with Crippen molar-refractivity contribution in [2.45, 2.75) is 33.2 Å². The van der Waals surface area contributed by atoms with E-state index in [0.29, 0.717) is 34.2 Å². The minimum Gasteiger partial charge on any atom is -0.507 e. The predicted octanol–water partition coefficient (Wildman–Crippen LogP) is 6.35. The third-order valence-electron chi connectivity index (χ3n) is 5.75. The number of hydrogen-bond acceptors (Lipinski definition) is 8. The molecule has 1 amide bonds. The second-order valence-corrected chi connectivity index (χ2v) is 10.2. The number of carbonyl (C=O) groups is 3. The number of aromatic nitrogens is 1. The number of thiazole rings is 1. The van der Waals surface area contributed by atoms with Crippen molar-refractivity contribution in [2.75, 3.05) is 18.1 Å². The highest BCUT2D eigenvalue weighted by Crippen LogP contribution is 2.46. The van der Waals surface area contributed by atoms with Gasteiger partial charge in [0.1, 0.15) is 16.4 Å². The van der Waals surface area contributed by atoms with Gasteiger partial charge < -0.3 is 14.6 Å². The summed E-state index contributed by atoms with van der Waals surface area (Å²) in [6.07, 6.45) is 0.834. The normalized spacial score (nSPS) is 16.7. The first-order chi connectivity index (χ1) is 18.2. The third-order valence-corrected chi connectivity index (χ3v) is 7.45. The highest BCUT2D eigenvalue weighted by atomic mass is 35.5. The van der Waals surface area contributed by atoms with Crippen LogP contribution in [0.2, 0.25) is 10.0 Å². The standard InChI is InChI=1S/C27H24Cl2N2O6S/c1-4-12-37-17-9-6-15(7-10-17)22(32)20-21(18-11-8-16(28)13-19(18)29)31(25(34)23(20)33)27-30-14(3)24(38-27)26(35)36-5-2/h6-11,13,21,32H,4-5,12H2,1-3H3/b22-20+. The summed E-state index contributed by atoms with van der Waals surface area (Å²) >= 11 is 13.5. The number of halogens is 2. The van der Waals surface area contributed by atoms with Crippen LogP contribution >= 0.6 is 34.5 Å². The van der Waals surface area contributed by atoms with E-state index in [4.69, 9.17) is 32.7 Å². The summed E-state index contributed by atoms with van der Waals surface area (Å²) in [5.74, 6) is -2.21. The first-order valence-corrected chi connectivity index (χ1v) is 13.4. The van der Waals surface area contributed by atoms with Crippen molar-refractivity contribution in [3.63, 3.8) is 0 Å². The van der Waals surface area contributed by atoms with Crippen molar-refractivity contribution >= 4 is 63.1 Å². The lowest BCUT2D eigenvalue weighted by Crippen LogP contribution is -2.29. The second-order valence-electron chi connectivity index (χ2n) is 8.34. The van der Waals surface area contributed by atoms with Crippen molar-refractivity contribution in [1.82, 2.24) is 4.98 Å². The van der Waals surface area contributed by atoms with Crippen molar-refractivity contribution in [3.05, 3.63) is 79.8 Å². The zero-order valence-electron chi connectivity index (χ0n) is 20.8. The molecule has 11 heteroatoms. The van der Waals surface area contributed by atoms with Crippen molar-refractivity contribution in [1.29, 1.82) is 0 Å². The average molecular weight is 575 g/mol. The summed E-state index contributed by atoms with van der Waals surface area (Å²) in [5.41, 5.74) is 0.829. The number of benzene rings is 2. The Morgan fingerprint density at radius 2 is 1.84 bits per heavy atom. The molecular formula is C27H24Cl2N2O6S. The lowest BCUT2D eigenvalue weighted by atomic mass is 9.95. The Morgan fingerprint density at radius 3 is 2.47 bits per heavy atom. The number of ketones is 1. The molecule has 38 heavy (non-hydrogen) atoms. The Morgan fingerprint density at radius 1 is 1.13 bits per heavy atom. The van der Waals surface area contributed by atoms with E-state index in [1.165, 1.54) is 6.07 Å². The van der Waals surface area contributed by atoms with Gasteiger partial charge in [-0.3, -0.25) is 14.5 Å². The van der Waals surface area contributed by atoms with Crippen LogP contribution in [0.4, 0.5) is 5.13 Å². The highest BCUT2D eigenvalue weighted by molar-refractivity contribution is 7.17. The summed E-state index contributed by atoms with van der Waals surface area (Å²) in [7, 11) is 0. The van der Waals surface area contributed by atoms with Crippen molar-refractivity contribution < 1.29 is 29.0 Å². The number of aliphatic hydroxyl groups is 1. The summed E-state index contributed by atoms with van der Waals surface area (Å²) in [6.45, 7) is 5.97. The maximum Gasteiger partial charge on any atom is 0.350 e. The molecule has 1 saturated heterocycles. The van der Waals surface area contributed by atoms with Crippen molar-refractivity contribution in [2.24, 2.45) is 0 Å². The number of nitrogens with zero attached hydrogens (tertiary/aromatic N) is 2. The van der Waals surface area contributed by atoms with Gasteiger partial charge in [-0.1, -0.05) is 47.5 Å². The van der Waals surface area contributed by atoms with E-state index < -0.39 is 23.7 Å². The first kappa shape index (κ1) is 27.6. The molecule has 1 unspecified atom stereocenters. The van der Waals surface area contributed by atoms with Crippen LogP contribution in [0.3, 0.4) is 0 Å². The Balaban J connectivity index is 1.87. The fraction of sp³-hybridized carbons (Fsp3) is 0.259. The predicted molar refractivity (Wildman–Crippen MR) is 146 cm³/mol. The number of esters is 1. The molecule has 0 spiro atoms. The molecule has 1 N–H and O–H groups in total. The molecule has 0 aliphatic carbocycles. The largest absolute Gasteiger partial charge is 0.507 e. The quantitative estimate of drug-likeness (QED) is 0.144. The Bertz CT molecular complexity index is 1430. The minimum atomic E-state index is -1.13. The van der Waals surface area contributed by atoms with Gasteiger partial charge in [0, 0.05) is 15.6 Å². The van der Waals surface area contributed by atoms with Gasteiger partial charge in [0.25, 0.3) is 5.78 Å². The Hall–Kier alpha value is -3.40. The molecule has 0 saturated carbocycles. The van der Waals surface area contributed by atoms with Crippen LogP contribution in [-0.4, -0.2) is 41.0 Å². The fourth-order valence-corrected chi connectivity index (χ4v) is 5.50. The van der Waals surface area contributed by atoms with E-state index in [1.54, 1.807) is 50.2 Å². The van der Waals surface area contributed by atoms with Crippen molar-refractivity contribution in [3.8, 4) is 5.75 Å². The number of carbonyl (C=O) groups excluding carboxylic acids is 3. The van der Waals surface area contributed by atoms with Gasteiger partial charge >= 0.3 is 11.9 Å². The molecule has 198 valence electrons. The lowest BCUT2D eigenvalue weighted by molar-refractivity contribution is -0.132. The number of rotatable bonds is 8. The molecule has 2 aromatic carbocycles. The van der Waals surface area contributed by atoms with E-state index in [1.807, 2.05) is 6.92 Å². The van der Waals surface area contributed by atoms with E-state index in [0.717, 1.165) is 22.7 Å². The first-order valence-electron chi connectivity index (χ1n) is 11.8. The molecule has 1 aliphatic rings. The van der Waals surface area contributed by atoms with Gasteiger partial charge in [-0.25, -0.2) is 9.78 Å². The summed E-state index contributed by atoms with van der Waals surface area (Å²) in [5, 5.41) is 11.9. The number of Topliss-reactive ketones (excluding diaryl/α,β-unsaturated/α-hetero) is 1. The number of ether oxygens (including phenoxy) is 2. The van der Waals surface area contributed by atoms with Gasteiger partial charge in [-0.15, -0.1) is 0 Å². The number of amides is 1. The average Bonchev–Trinajstić information content (AvgIpc) is 3.39. The van der Waals surface area contributed by atoms with Crippen LogP contribution in [-0.2, 0) is 14.3 Å². The maximum atomic E-state index is 13.4. The number of aliphatic hydroxyl groups excluding tert-OH is 1. The smallest absolute Gasteiger partial charge is 0.350 e. The fourth-order valence-electron chi connectivity index (χ4n) is 4.00. The minimum absolute atomic E-state index is 0.0889. The van der Waals surface area contributed by atoms with E-state index in [-0.39, 0.29) is 33.0 Å². The molecule has 8 nitrogen and oxygen atoms in total. The van der Waals surface area contributed by atoms with Crippen LogP contribution in [0, 0.1) is 6.92 Å². The summed E-state index contributed by atoms with van der Waals surface area (Å²) < 4.78 is 10.7. The van der Waals surface area contributed by atoms with Gasteiger partial charge in [-0.05, 0) is 62.2 Å².